The number of rotatable bonds is 4. The van der Waals surface area contributed by atoms with Gasteiger partial charge < -0.3 is 20.1 Å². The van der Waals surface area contributed by atoms with Crippen molar-refractivity contribution in [1.82, 2.24) is 4.90 Å². The number of nitrogens with two attached hydrogens (primary N) is 1. The van der Waals surface area contributed by atoms with Gasteiger partial charge in [0.05, 0.1) is 6.61 Å². The van der Waals surface area contributed by atoms with Crippen LogP contribution in [0.4, 0.5) is 4.79 Å². The third-order valence-corrected chi connectivity index (χ3v) is 3.50. The third kappa shape index (κ3) is 4.63. The maximum absolute atomic E-state index is 11.8. The lowest BCUT2D eigenvalue weighted by Gasteiger charge is -2.39. The predicted molar refractivity (Wildman–Crippen MR) is 85.8 cm³/mol. The molecule has 122 valence electrons. The quantitative estimate of drug-likeness (QED) is 0.929. The van der Waals surface area contributed by atoms with Crippen LogP contribution < -0.4 is 10.5 Å². The largest absolute Gasteiger partial charge is 0.493 e. The highest BCUT2D eigenvalue weighted by Gasteiger charge is 2.33. The number of hydrogen-bond donors (Lipinski definition) is 1. The molecule has 5 nitrogen and oxygen atoms in total. The fraction of sp³-hybridized carbons (Fsp3) is 0.588. The van der Waals surface area contributed by atoms with E-state index in [2.05, 4.69) is 0 Å². The minimum absolute atomic E-state index is 0.0306. The number of amides is 1. The normalized spacial score (nSPS) is 16.9. The van der Waals surface area contributed by atoms with Crippen LogP contribution in [0.2, 0.25) is 0 Å². The molecule has 1 saturated heterocycles. The van der Waals surface area contributed by atoms with Gasteiger partial charge in [-0.1, -0.05) is 12.1 Å². The van der Waals surface area contributed by atoms with E-state index in [1.54, 1.807) is 4.90 Å². The van der Waals surface area contributed by atoms with Crippen LogP contribution in [0.1, 0.15) is 39.3 Å². The SMILES string of the molecule is CC(N)c1ccc(OCC2CN(C(=O)OC(C)(C)C)C2)cc1. The standard InChI is InChI=1S/C17H26N2O3/c1-12(18)14-5-7-15(8-6-14)21-11-13-9-19(10-13)16(20)22-17(2,3)4/h5-8,12-13H,9-11,18H2,1-4H3. The van der Waals surface area contributed by atoms with Gasteiger partial charge in [0.25, 0.3) is 0 Å². The molecular formula is C17H26N2O3. The van der Waals surface area contributed by atoms with Crippen molar-refractivity contribution in [3.63, 3.8) is 0 Å². The van der Waals surface area contributed by atoms with Gasteiger partial charge in [-0.05, 0) is 45.4 Å². The Morgan fingerprint density at radius 2 is 1.91 bits per heavy atom. The lowest BCUT2D eigenvalue weighted by atomic mass is 10.0. The van der Waals surface area contributed by atoms with E-state index >= 15 is 0 Å². The van der Waals surface area contributed by atoms with Crippen LogP contribution in [0.25, 0.3) is 0 Å². The summed E-state index contributed by atoms with van der Waals surface area (Å²) < 4.78 is 11.1. The predicted octanol–water partition coefficient (Wildman–Crippen LogP) is 2.95. The van der Waals surface area contributed by atoms with Gasteiger partial charge in [-0.15, -0.1) is 0 Å². The summed E-state index contributed by atoms with van der Waals surface area (Å²) in [5.41, 5.74) is 6.46. The summed E-state index contributed by atoms with van der Waals surface area (Å²) >= 11 is 0. The Labute approximate surface area is 132 Å². The van der Waals surface area contributed by atoms with Crippen LogP contribution >= 0.6 is 0 Å². The molecule has 1 unspecified atom stereocenters. The second-order valence-corrected chi connectivity index (χ2v) is 6.92. The zero-order valence-electron chi connectivity index (χ0n) is 13.8. The molecule has 1 amide bonds. The first-order valence-corrected chi connectivity index (χ1v) is 7.71. The number of carbonyl (C=O) groups is 1. The number of nitrogens with zero attached hydrogens (tertiary/aromatic N) is 1. The van der Waals surface area contributed by atoms with E-state index in [-0.39, 0.29) is 12.1 Å². The number of carbonyl (C=O) groups excluding carboxylic acids is 1. The summed E-state index contributed by atoms with van der Waals surface area (Å²) in [5.74, 6) is 1.20. The van der Waals surface area contributed by atoms with Gasteiger partial charge in [0, 0.05) is 25.0 Å². The summed E-state index contributed by atoms with van der Waals surface area (Å²) in [7, 11) is 0. The summed E-state index contributed by atoms with van der Waals surface area (Å²) in [5, 5.41) is 0. The molecule has 1 aliphatic rings. The molecule has 2 rings (SSSR count). The first-order valence-electron chi connectivity index (χ1n) is 7.71. The molecule has 22 heavy (non-hydrogen) atoms. The maximum atomic E-state index is 11.8. The molecule has 5 heteroatoms. The molecule has 1 aliphatic heterocycles. The Kier molecular flexibility index (Phi) is 4.96. The summed E-state index contributed by atoms with van der Waals surface area (Å²) in [6.07, 6.45) is -0.245. The second kappa shape index (κ2) is 6.57. The average molecular weight is 306 g/mol. The number of likely N-dealkylation sites (tertiary alicyclic amines) is 1. The third-order valence-electron chi connectivity index (χ3n) is 3.50. The van der Waals surface area contributed by atoms with Gasteiger partial charge in [0.15, 0.2) is 0 Å². The number of ether oxygens (including phenoxy) is 2. The Balaban J connectivity index is 1.71. The number of benzene rings is 1. The molecule has 2 N–H and O–H groups in total. The van der Waals surface area contributed by atoms with Crippen LogP contribution in [0.15, 0.2) is 24.3 Å². The van der Waals surface area contributed by atoms with E-state index in [0.717, 1.165) is 11.3 Å². The molecule has 0 bridgehead atoms. The molecule has 0 aromatic heterocycles. The summed E-state index contributed by atoms with van der Waals surface area (Å²) in [4.78, 5) is 13.5. The van der Waals surface area contributed by atoms with Crippen molar-refractivity contribution in [2.45, 2.75) is 39.3 Å². The lowest BCUT2D eigenvalue weighted by molar-refractivity contribution is -0.00781. The first-order chi connectivity index (χ1) is 10.2. The molecule has 0 radical (unpaired) electrons. The minimum Gasteiger partial charge on any atom is -0.493 e. The molecule has 0 aliphatic carbocycles. The monoisotopic (exact) mass is 306 g/mol. The van der Waals surface area contributed by atoms with E-state index in [4.69, 9.17) is 15.2 Å². The molecule has 0 saturated carbocycles. The smallest absolute Gasteiger partial charge is 0.410 e. The molecule has 1 atom stereocenters. The van der Waals surface area contributed by atoms with Crippen LogP contribution in [0, 0.1) is 5.92 Å². The van der Waals surface area contributed by atoms with Crippen molar-refractivity contribution in [1.29, 1.82) is 0 Å². The van der Waals surface area contributed by atoms with Crippen LogP contribution in [-0.2, 0) is 4.74 Å². The van der Waals surface area contributed by atoms with Gasteiger partial charge in [-0.2, -0.15) is 0 Å². The molecule has 1 aromatic rings. The molecule has 1 aromatic carbocycles. The van der Waals surface area contributed by atoms with E-state index < -0.39 is 5.60 Å². The molecule has 1 fully saturated rings. The number of hydrogen-bond acceptors (Lipinski definition) is 4. The first kappa shape index (κ1) is 16.6. The highest BCUT2D eigenvalue weighted by Crippen LogP contribution is 2.22. The van der Waals surface area contributed by atoms with Crippen molar-refractivity contribution < 1.29 is 14.3 Å². The summed E-state index contributed by atoms with van der Waals surface area (Å²) in [6, 6.07) is 7.86. The van der Waals surface area contributed by atoms with E-state index in [1.807, 2.05) is 52.0 Å². The van der Waals surface area contributed by atoms with E-state index in [9.17, 15) is 4.79 Å². The van der Waals surface area contributed by atoms with Gasteiger partial charge in [-0.3, -0.25) is 0 Å². The Morgan fingerprint density at radius 3 is 2.41 bits per heavy atom. The van der Waals surface area contributed by atoms with Crippen LogP contribution in [-0.4, -0.2) is 36.3 Å². The van der Waals surface area contributed by atoms with Crippen LogP contribution in [0.3, 0.4) is 0 Å². The van der Waals surface area contributed by atoms with E-state index in [0.29, 0.717) is 25.6 Å². The lowest BCUT2D eigenvalue weighted by Crippen LogP contribution is -2.53. The fourth-order valence-corrected chi connectivity index (χ4v) is 2.23. The van der Waals surface area contributed by atoms with E-state index in [1.165, 1.54) is 0 Å². The molecule has 1 heterocycles. The van der Waals surface area contributed by atoms with Gasteiger partial charge in [0.1, 0.15) is 11.4 Å². The second-order valence-electron chi connectivity index (χ2n) is 6.92. The maximum Gasteiger partial charge on any atom is 0.410 e. The van der Waals surface area contributed by atoms with Gasteiger partial charge >= 0.3 is 6.09 Å². The Hall–Kier alpha value is -1.75. The van der Waals surface area contributed by atoms with Gasteiger partial charge in [-0.25, -0.2) is 4.79 Å². The van der Waals surface area contributed by atoms with Crippen molar-refractivity contribution in [2.75, 3.05) is 19.7 Å². The van der Waals surface area contributed by atoms with Crippen molar-refractivity contribution in [3.8, 4) is 5.75 Å². The van der Waals surface area contributed by atoms with Crippen molar-refractivity contribution >= 4 is 6.09 Å². The zero-order valence-corrected chi connectivity index (χ0v) is 13.8. The zero-order chi connectivity index (χ0) is 16.3. The van der Waals surface area contributed by atoms with Gasteiger partial charge in [0.2, 0.25) is 0 Å². The highest BCUT2D eigenvalue weighted by molar-refractivity contribution is 5.69. The van der Waals surface area contributed by atoms with Crippen LogP contribution in [0.5, 0.6) is 5.75 Å². The average Bonchev–Trinajstić information content (AvgIpc) is 2.35. The fourth-order valence-electron chi connectivity index (χ4n) is 2.23. The Bertz CT molecular complexity index is 500. The van der Waals surface area contributed by atoms with Crippen molar-refractivity contribution in [3.05, 3.63) is 29.8 Å². The molecular weight excluding hydrogens is 280 g/mol. The van der Waals surface area contributed by atoms with Crippen molar-refractivity contribution in [2.24, 2.45) is 11.7 Å². The summed E-state index contributed by atoms with van der Waals surface area (Å²) in [6.45, 7) is 9.55. The molecule has 0 spiro atoms. The Morgan fingerprint density at radius 1 is 1.32 bits per heavy atom. The minimum atomic E-state index is -0.444. The topological polar surface area (TPSA) is 64.8 Å². The highest BCUT2D eigenvalue weighted by atomic mass is 16.6.